The highest BCUT2D eigenvalue weighted by atomic mass is 16.3. The smallest absolute Gasteiger partial charge is 0.133 e. The van der Waals surface area contributed by atoms with Crippen molar-refractivity contribution in [3.05, 3.63) is 53.2 Å². The molecule has 21 heavy (non-hydrogen) atoms. The third kappa shape index (κ3) is 2.93. The molecule has 0 spiro atoms. The van der Waals surface area contributed by atoms with E-state index in [0.29, 0.717) is 0 Å². The first-order chi connectivity index (χ1) is 10.3. The van der Waals surface area contributed by atoms with Crippen molar-refractivity contribution < 1.29 is 5.11 Å². The van der Waals surface area contributed by atoms with Crippen LogP contribution >= 0.6 is 0 Å². The summed E-state index contributed by atoms with van der Waals surface area (Å²) >= 11 is 0. The second-order valence-electron chi connectivity index (χ2n) is 5.57. The average molecular weight is 282 g/mol. The number of hydrogen-bond acceptors (Lipinski definition) is 3. The van der Waals surface area contributed by atoms with Gasteiger partial charge in [0.25, 0.3) is 0 Å². The molecular formula is C18H22N2O. The van der Waals surface area contributed by atoms with Gasteiger partial charge < -0.3 is 10.0 Å². The summed E-state index contributed by atoms with van der Waals surface area (Å²) in [6, 6.07) is 12.6. The van der Waals surface area contributed by atoms with E-state index in [0.717, 1.165) is 36.5 Å². The summed E-state index contributed by atoms with van der Waals surface area (Å²) in [5.74, 6) is 0.966. The molecule has 0 atom stereocenters. The first-order valence-electron chi connectivity index (χ1n) is 7.78. The number of rotatable bonds is 3. The van der Waals surface area contributed by atoms with Gasteiger partial charge >= 0.3 is 0 Å². The zero-order valence-electron chi connectivity index (χ0n) is 12.5. The van der Waals surface area contributed by atoms with E-state index in [1.165, 1.54) is 24.1 Å². The van der Waals surface area contributed by atoms with Gasteiger partial charge in [0.15, 0.2) is 0 Å². The van der Waals surface area contributed by atoms with E-state index in [1.54, 1.807) is 0 Å². The van der Waals surface area contributed by atoms with Crippen molar-refractivity contribution >= 4 is 11.5 Å². The molecule has 1 aliphatic heterocycles. The molecule has 1 N–H and O–H groups in total. The summed E-state index contributed by atoms with van der Waals surface area (Å²) in [6.07, 6.45) is 4.40. The molecule has 0 radical (unpaired) electrons. The maximum absolute atomic E-state index is 9.48. The van der Waals surface area contributed by atoms with Crippen molar-refractivity contribution in [2.75, 3.05) is 11.4 Å². The van der Waals surface area contributed by atoms with Crippen LogP contribution in [0.5, 0.6) is 0 Å². The number of aryl methyl sites for hydroxylation is 2. The fourth-order valence-electron chi connectivity index (χ4n) is 2.97. The second-order valence-corrected chi connectivity index (χ2v) is 5.57. The first-order valence-corrected chi connectivity index (χ1v) is 7.78. The number of aromatic nitrogens is 1. The molecular weight excluding hydrogens is 260 g/mol. The van der Waals surface area contributed by atoms with E-state index in [4.69, 9.17) is 4.98 Å². The molecule has 3 rings (SSSR count). The van der Waals surface area contributed by atoms with E-state index in [1.807, 2.05) is 12.1 Å². The molecule has 110 valence electrons. The Morgan fingerprint density at radius 2 is 2.05 bits per heavy atom. The Hall–Kier alpha value is -1.87. The van der Waals surface area contributed by atoms with Gasteiger partial charge in [0.05, 0.1) is 6.61 Å². The highest BCUT2D eigenvalue weighted by molar-refractivity contribution is 5.65. The molecule has 2 heterocycles. The fourth-order valence-corrected chi connectivity index (χ4v) is 2.97. The van der Waals surface area contributed by atoms with E-state index in [9.17, 15) is 5.11 Å². The molecule has 3 nitrogen and oxygen atoms in total. The zero-order valence-corrected chi connectivity index (χ0v) is 12.5. The summed E-state index contributed by atoms with van der Waals surface area (Å²) in [7, 11) is 0. The number of anilines is 2. The molecule has 0 aliphatic carbocycles. The monoisotopic (exact) mass is 282 g/mol. The maximum atomic E-state index is 9.48. The van der Waals surface area contributed by atoms with Crippen molar-refractivity contribution in [1.82, 2.24) is 4.98 Å². The lowest BCUT2D eigenvalue weighted by Crippen LogP contribution is -2.20. The largest absolute Gasteiger partial charge is 0.392 e. The summed E-state index contributed by atoms with van der Waals surface area (Å²) in [5, 5.41) is 9.48. The van der Waals surface area contributed by atoms with Gasteiger partial charge in [-0.2, -0.15) is 0 Å². The topological polar surface area (TPSA) is 36.4 Å². The molecule has 0 fully saturated rings. The second kappa shape index (κ2) is 6.27. The average Bonchev–Trinajstić information content (AvgIpc) is 2.76. The molecule has 0 bridgehead atoms. The van der Waals surface area contributed by atoms with Crippen LogP contribution in [0.4, 0.5) is 11.5 Å². The minimum absolute atomic E-state index is 0.0675. The van der Waals surface area contributed by atoms with Gasteiger partial charge in [-0.3, -0.25) is 0 Å². The first kappa shape index (κ1) is 14.1. The van der Waals surface area contributed by atoms with Crippen molar-refractivity contribution in [2.45, 2.75) is 39.2 Å². The van der Waals surface area contributed by atoms with Gasteiger partial charge in [0.2, 0.25) is 0 Å². The van der Waals surface area contributed by atoms with Crippen LogP contribution < -0.4 is 4.90 Å². The molecule has 0 amide bonds. The van der Waals surface area contributed by atoms with Gasteiger partial charge in [0, 0.05) is 17.9 Å². The van der Waals surface area contributed by atoms with Crippen LogP contribution in [-0.4, -0.2) is 16.6 Å². The SMILES string of the molecule is CCc1cc(CO)cc(N2CCCCc3ccccc32)n1. The van der Waals surface area contributed by atoms with Crippen molar-refractivity contribution in [3.8, 4) is 0 Å². The lowest BCUT2D eigenvalue weighted by Gasteiger charge is -2.25. The van der Waals surface area contributed by atoms with E-state index < -0.39 is 0 Å². The van der Waals surface area contributed by atoms with Gasteiger partial charge in [-0.15, -0.1) is 0 Å². The Labute approximate surface area is 126 Å². The molecule has 1 aromatic heterocycles. The van der Waals surface area contributed by atoms with Gasteiger partial charge in [-0.05, 0) is 55.0 Å². The molecule has 3 heteroatoms. The van der Waals surface area contributed by atoms with E-state index >= 15 is 0 Å². The number of aliphatic hydroxyl groups excluding tert-OH is 1. The summed E-state index contributed by atoms with van der Waals surface area (Å²) in [5.41, 5.74) is 4.64. The van der Waals surface area contributed by atoms with E-state index in [2.05, 4.69) is 36.1 Å². The molecule has 0 saturated carbocycles. The lowest BCUT2D eigenvalue weighted by molar-refractivity contribution is 0.281. The Kier molecular flexibility index (Phi) is 4.20. The van der Waals surface area contributed by atoms with E-state index in [-0.39, 0.29) is 6.61 Å². The number of aliphatic hydroxyl groups is 1. The van der Waals surface area contributed by atoms with Gasteiger partial charge in [-0.25, -0.2) is 4.98 Å². The molecule has 0 unspecified atom stereocenters. The van der Waals surface area contributed by atoms with Crippen LogP contribution in [0, 0.1) is 0 Å². The van der Waals surface area contributed by atoms with Crippen molar-refractivity contribution in [1.29, 1.82) is 0 Å². The third-order valence-electron chi connectivity index (χ3n) is 4.11. The Bertz CT molecular complexity index is 602. The predicted octanol–water partition coefficient (Wildman–Crippen LogP) is 3.61. The molecule has 0 saturated heterocycles. The van der Waals surface area contributed by atoms with Crippen LogP contribution in [0.15, 0.2) is 36.4 Å². The standard InChI is InChI=1S/C18H22N2O/c1-2-16-11-14(13-21)12-18(19-16)20-10-6-5-8-15-7-3-4-9-17(15)20/h3-4,7,9,11-12,21H,2,5-6,8,10,13H2,1H3. The summed E-state index contributed by atoms with van der Waals surface area (Å²) < 4.78 is 0. The van der Waals surface area contributed by atoms with Crippen LogP contribution in [-0.2, 0) is 19.4 Å². The molecule has 2 aromatic rings. The zero-order chi connectivity index (χ0) is 14.7. The van der Waals surface area contributed by atoms with Crippen molar-refractivity contribution in [3.63, 3.8) is 0 Å². The number of para-hydroxylation sites is 1. The predicted molar refractivity (Wildman–Crippen MR) is 85.9 cm³/mol. The summed E-state index contributed by atoms with van der Waals surface area (Å²) in [6.45, 7) is 3.16. The number of benzene rings is 1. The molecule has 1 aliphatic rings. The summed E-state index contributed by atoms with van der Waals surface area (Å²) in [4.78, 5) is 7.09. The highest BCUT2D eigenvalue weighted by Gasteiger charge is 2.18. The van der Waals surface area contributed by atoms with Crippen LogP contribution in [0.2, 0.25) is 0 Å². The molecule has 1 aromatic carbocycles. The van der Waals surface area contributed by atoms with Gasteiger partial charge in [0.1, 0.15) is 5.82 Å². The highest BCUT2D eigenvalue weighted by Crippen LogP contribution is 2.32. The third-order valence-corrected chi connectivity index (χ3v) is 4.11. The lowest BCUT2D eigenvalue weighted by atomic mass is 10.1. The normalized spacial score (nSPS) is 14.7. The van der Waals surface area contributed by atoms with Crippen LogP contribution in [0.1, 0.15) is 36.6 Å². The maximum Gasteiger partial charge on any atom is 0.133 e. The number of pyridine rings is 1. The minimum atomic E-state index is 0.0675. The fraction of sp³-hybridized carbons (Fsp3) is 0.389. The van der Waals surface area contributed by atoms with Crippen LogP contribution in [0.3, 0.4) is 0 Å². The van der Waals surface area contributed by atoms with Gasteiger partial charge in [-0.1, -0.05) is 25.1 Å². The minimum Gasteiger partial charge on any atom is -0.392 e. The Balaban J connectivity index is 2.07. The number of fused-ring (bicyclic) bond motifs is 1. The quantitative estimate of drug-likeness (QED) is 0.934. The van der Waals surface area contributed by atoms with Crippen LogP contribution in [0.25, 0.3) is 0 Å². The Morgan fingerprint density at radius 3 is 2.86 bits per heavy atom. The Morgan fingerprint density at radius 1 is 1.19 bits per heavy atom. The number of nitrogens with zero attached hydrogens (tertiary/aromatic N) is 2. The van der Waals surface area contributed by atoms with Crippen molar-refractivity contribution in [2.24, 2.45) is 0 Å². The number of hydrogen-bond donors (Lipinski definition) is 1.